The maximum absolute atomic E-state index is 5.43. The van der Waals surface area contributed by atoms with Gasteiger partial charge in [0.1, 0.15) is 11.5 Å². The van der Waals surface area contributed by atoms with Crippen LogP contribution in [0.4, 0.5) is 0 Å². The first-order valence-electron chi connectivity index (χ1n) is 7.16. The largest absolute Gasteiger partial charge is 0.496 e. The van der Waals surface area contributed by atoms with E-state index in [0.717, 1.165) is 22.6 Å². The van der Waals surface area contributed by atoms with Crippen LogP contribution in [0.25, 0.3) is 0 Å². The fourth-order valence-corrected chi connectivity index (χ4v) is 2.46. The van der Waals surface area contributed by atoms with E-state index in [9.17, 15) is 0 Å². The molecule has 0 saturated heterocycles. The molecule has 0 bridgehead atoms. The molecular weight excluding hydrogens is 250 g/mol. The van der Waals surface area contributed by atoms with Crippen LogP contribution in [0.15, 0.2) is 17.1 Å². The number of rotatable bonds is 6. The second-order valence-corrected chi connectivity index (χ2v) is 5.82. The van der Waals surface area contributed by atoms with Gasteiger partial charge in [-0.1, -0.05) is 27.7 Å². The maximum atomic E-state index is 5.43. The Hall–Kier alpha value is -1.51. The number of nitrogens with zero attached hydrogens (tertiary/aromatic N) is 1. The van der Waals surface area contributed by atoms with E-state index in [4.69, 9.17) is 14.5 Å². The number of aryl methyl sites for hydroxylation is 1. The molecule has 1 aromatic carbocycles. The standard InChI is InChI=1S/C17H27NO2/c1-11(2)17(12(3)4)18-10-14-9-15(19-6)13(5)8-16(14)20-7/h8-12,17H,1-7H3/b18-10+. The van der Waals surface area contributed by atoms with Crippen LogP contribution in [0.5, 0.6) is 11.5 Å². The van der Waals surface area contributed by atoms with Crippen molar-refractivity contribution in [2.75, 3.05) is 14.2 Å². The highest BCUT2D eigenvalue weighted by Gasteiger charge is 2.15. The number of aliphatic imine (C=N–C) groups is 1. The van der Waals surface area contributed by atoms with Crippen molar-refractivity contribution in [3.05, 3.63) is 23.3 Å². The molecule has 3 heteroatoms. The molecule has 0 aromatic heterocycles. The van der Waals surface area contributed by atoms with Crippen molar-refractivity contribution in [3.8, 4) is 11.5 Å². The van der Waals surface area contributed by atoms with Crippen LogP contribution in [-0.4, -0.2) is 26.5 Å². The maximum Gasteiger partial charge on any atom is 0.128 e. The molecule has 1 rings (SSSR count). The van der Waals surface area contributed by atoms with E-state index in [1.807, 2.05) is 25.3 Å². The summed E-state index contributed by atoms with van der Waals surface area (Å²) in [5.41, 5.74) is 2.02. The summed E-state index contributed by atoms with van der Waals surface area (Å²) in [7, 11) is 3.36. The second-order valence-electron chi connectivity index (χ2n) is 5.82. The Bertz CT molecular complexity index is 456. The molecule has 1 aromatic rings. The first kappa shape index (κ1) is 16.5. The highest BCUT2D eigenvalue weighted by molar-refractivity contribution is 5.84. The van der Waals surface area contributed by atoms with E-state index >= 15 is 0 Å². The smallest absolute Gasteiger partial charge is 0.128 e. The van der Waals surface area contributed by atoms with Crippen LogP contribution in [-0.2, 0) is 0 Å². The van der Waals surface area contributed by atoms with Gasteiger partial charge in [0, 0.05) is 11.8 Å². The van der Waals surface area contributed by atoms with Gasteiger partial charge in [-0.3, -0.25) is 4.99 Å². The Labute approximate surface area is 123 Å². The van der Waals surface area contributed by atoms with E-state index in [1.54, 1.807) is 14.2 Å². The summed E-state index contributed by atoms with van der Waals surface area (Å²) in [5, 5.41) is 0. The summed E-state index contributed by atoms with van der Waals surface area (Å²) in [6, 6.07) is 4.28. The van der Waals surface area contributed by atoms with E-state index in [2.05, 4.69) is 27.7 Å². The summed E-state index contributed by atoms with van der Waals surface area (Å²) in [6.07, 6.45) is 1.91. The fourth-order valence-electron chi connectivity index (χ4n) is 2.46. The highest BCUT2D eigenvalue weighted by atomic mass is 16.5. The Morgan fingerprint density at radius 2 is 1.50 bits per heavy atom. The van der Waals surface area contributed by atoms with Crippen molar-refractivity contribution < 1.29 is 9.47 Å². The third-order valence-electron chi connectivity index (χ3n) is 3.50. The van der Waals surface area contributed by atoms with Crippen molar-refractivity contribution in [1.29, 1.82) is 0 Å². The Morgan fingerprint density at radius 3 is 1.95 bits per heavy atom. The first-order chi connectivity index (χ1) is 9.40. The number of ether oxygens (including phenoxy) is 2. The topological polar surface area (TPSA) is 30.8 Å². The quantitative estimate of drug-likeness (QED) is 0.733. The number of hydrogen-bond acceptors (Lipinski definition) is 3. The van der Waals surface area contributed by atoms with Gasteiger partial charge in [-0.2, -0.15) is 0 Å². The van der Waals surface area contributed by atoms with Gasteiger partial charge in [0.05, 0.1) is 20.3 Å². The minimum absolute atomic E-state index is 0.312. The van der Waals surface area contributed by atoms with Crippen molar-refractivity contribution in [2.24, 2.45) is 16.8 Å². The SMILES string of the molecule is COc1cc(/C=N/C(C(C)C)C(C)C)c(OC)cc1C. The van der Waals surface area contributed by atoms with Crippen LogP contribution in [0.2, 0.25) is 0 Å². The molecule has 0 saturated carbocycles. The Kier molecular flexibility index (Phi) is 6.05. The van der Waals surface area contributed by atoms with Crippen LogP contribution < -0.4 is 9.47 Å². The Balaban J connectivity index is 3.12. The lowest BCUT2D eigenvalue weighted by molar-refractivity contribution is 0.389. The van der Waals surface area contributed by atoms with Gasteiger partial charge in [0.2, 0.25) is 0 Å². The molecule has 0 aliphatic heterocycles. The van der Waals surface area contributed by atoms with Gasteiger partial charge < -0.3 is 9.47 Å². The molecule has 20 heavy (non-hydrogen) atoms. The van der Waals surface area contributed by atoms with Gasteiger partial charge in [-0.15, -0.1) is 0 Å². The minimum Gasteiger partial charge on any atom is -0.496 e. The molecule has 0 unspecified atom stereocenters. The van der Waals surface area contributed by atoms with Crippen molar-refractivity contribution >= 4 is 6.21 Å². The first-order valence-corrected chi connectivity index (χ1v) is 7.16. The molecule has 0 N–H and O–H groups in total. The summed E-state index contributed by atoms with van der Waals surface area (Å²) in [5.74, 6) is 2.73. The zero-order chi connectivity index (χ0) is 15.3. The molecule has 0 radical (unpaired) electrons. The van der Waals surface area contributed by atoms with Crippen molar-refractivity contribution in [3.63, 3.8) is 0 Å². The average molecular weight is 277 g/mol. The van der Waals surface area contributed by atoms with Crippen LogP contribution in [0, 0.1) is 18.8 Å². The molecule has 0 spiro atoms. The fraction of sp³-hybridized carbons (Fsp3) is 0.588. The second kappa shape index (κ2) is 7.32. The molecule has 0 atom stereocenters. The minimum atomic E-state index is 0.312. The van der Waals surface area contributed by atoms with Crippen molar-refractivity contribution in [2.45, 2.75) is 40.7 Å². The number of benzene rings is 1. The zero-order valence-corrected chi connectivity index (χ0v) is 13.7. The predicted molar refractivity (Wildman–Crippen MR) is 85.3 cm³/mol. The molecule has 112 valence electrons. The zero-order valence-electron chi connectivity index (χ0n) is 13.7. The average Bonchev–Trinajstić information content (AvgIpc) is 2.39. The third-order valence-corrected chi connectivity index (χ3v) is 3.50. The van der Waals surface area contributed by atoms with Crippen LogP contribution in [0.3, 0.4) is 0 Å². The summed E-state index contributed by atoms with van der Waals surface area (Å²) in [6.45, 7) is 10.8. The lowest BCUT2D eigenvalue weighted by atomic mass is 9.94. The molecule has 0 amide bonds. The molecule has 0 aliphatic carbocycles. The Morgan fingerprint density at radius 1 is 0.950 bits per heavy atom. The van der Waals surface area contributed by atoms with E-state index in [0.29, 0.717) is 17.9 Å². The molecule has 0 heterocycles. The normalized spacial score (nSPS) is 11.9. The molecular formula is C17H27NO2. The number of methoxy groups -OCH3 is 2. The van der Waals surface area contributed by atoms with Crippen LogP contribution in [0.1, 0.15) is 38.8 Å². The predicted octanol–water partition coefficient (Wildman–Crippen LogP) is 4.11. The molecule has 3 nitrogen and oxygen atoms in total. The number of hydrogen-bond donors (Lipinski definition) is 0. The molecule has 0 fully saturated rings. The monoisotopic (exact) mass is 277 g/mol. The van der Waals surface area contributed by atoms with Crippen LogP contribution >= 0.6 is 0 Å². The summed E-state index contributed by atoms with van der Waals surface area (Å²) in [4.78, 5) is 4.75. The lowest BCUT2D eigenvalue weighted by Crippen LogP contribution is -2.20. The summed E-state index contributed by atoms with van der Waals surface area (Å²) < 4.78 is 10.8. The van der Waals surface area contributed by atoms with Crippen molar-refractivity contribution in [1.82, 2.24) is 0 Å². The third kappa shape index (κ3) is 3.99. The van der Waals surface area contributed by atoms with Gasteiger partial charge in [-0.25, -0.2) is 0 Å². The lowest BCUT2D eigenvalue weighted by Gasteiger charge is -2.20. The van der Waals surface area contributed by atoms with Gasteiger partial charge >= 0.3 is 0 Å². The van der Waals surface area contributed by atoms with E-state index in [1.165, 1.54) is 0 Å². The van der Waals surface area contributed by atoms with Gasteiger partial charge in [-0.05, 0) is 36.5 Å². The van der Waals surface area contributed by atoms with Gasteiger partial charge in [0.25, 0.3) is 0 Å². The van der Waals surface area contributed by atoms with E-state index in [-0.39, 0.29) is 0 Å². The summed E-state index contributed by atoms with van der Waals surface area (Å²) >= 11 is 0. The highest BCUT2D eigenvalue weighted by Crippen LogP contribution is 2.27. The van der Waals surface area contributed by atoms with E-state index < -0.39 is 0 Å². The molecule has 0 aliphatic rings. The van der Waals surface area contributed by atoms with Gasteiger partial charge in [0.15, 0.2) is 0 Å².